The summed E-state index contributed by atoms with van der Waals surface area (Å²) in [4.78, 5) is 10.6. The third-order valence-corrected chi connectivity index (χ3v) is 3.37. The van der Waals surface area contributed by atoms with Crippen molar-refractivity contribution < 1.29 is 0 Å². The molecule has 0 amide bonds. The van der Waals surface area contributed by atoms with Crippen LogP contribution in [0.4, 0.5) is 0 Å². The maximum Gasteiger partial charge on any atom is 0.151 e. The zero-order valence-corrected chi connectivity index (χ0v) is 11.5. The first-order valence-corrected chi connectivity index (χ1v) is 6.01. The van der Waals surface area contributed by atoms with Crippen molar-refractivity contribution in [2.75, 3.05) is 20.1 Å². The SMILES string of the molecule is CN(Cc1nccnc1Cl)C1CCNCC1.Cl. The minimum absolute atomic E-state index is 0. The van der Waals surface area contributed by atoms with Gasteiger partial charge in [0.15, 0.2) is 5.15 Å². The fraction of sp³-hybridized carbons (Fsp3) is 0.636. The maximum absolute atomic E-state index is 5.99. The van der Waals surface area contributed by atoms with E-state index in [1.54, 1.807) is 12.4 Å². The second-order valence-electron chi connectivity index (χ2n) is 4.19. The third-order valence-electron chi connectivity index (χ3n) is 3.05. The van der Waals surface area contributed by atoms with E-state index in [0.29, 0.717) is 11.2 Å². The van der Waals surface area contributed by atoms with Gasteiger partial charge in [0.25, 0.3) is 0 Å². The first-order chi connectivity index (χ1) is 7.77. The molecule has 0 saturated carbocycles. The standard InChI is InChI=1S/C11H17ClN4.ClH/c1-16(9-2-4-13-5-3-9)8-10-11(12)15-7-6-14-10;/h6-7,9,13H,2-5,8H2,1H3;1H. The largest absolute Gasteiger partial charge is 0.317 e. The van der Waals surface area contributed by atoms with Gasteiger partial charge in [-0.2, -0.15) is 0 Å². The molecule has 2 heterocycles. The van der Waals surface area contributed by atoms with Crippen LogP contribution in [-0.4, -0.2) is 41.0 Å². The summed E-state index contributed by atoms with van der Waals surface area (Å²) < 4.78 is 0. The van der Waals surface area contributed by atoms with Crippen LogP contribution in [0, 0.1) is 0 Å². The van der Waals surface area contributed by atoms with E-state index in [9.17, 15) is 0 Å². The van der Waals surface area contributed by atoms with Crippen LogP contribution in [0.5, 0.6) is 0 Å². The van der Waals surface area contributed by atoms with Gasteiger partial charge in [-0.3, -0.25) is 9.88 Å². The summed E-state index contributed by atoms with van der Waals surface area (Å²) in [7, 11) is 2.13. The molecule has 0 aliphatic carbocycles. The van der Waals surface area contributed by atoms with Crippen molar-refractivity contribution in [3.05, 3.63) is 23.2 Å². The molecule has 1 aliphatic heterocycles. The van der Waals surface area contributed by atoms with Crippen LogP contribution in [0.3, 0.4) is 0 Å². The summed E-state index contributed by atoms with van der Waals surface area (Å²) in [5.41, 5.74) is 0.866. The lowest BCUT2D eigenvalue weighted by atomic mass is 10.1. The molecule has 0 atom stereocenters. The fourth-order valence-corrected chi connectivity index (χ4v) is 2.23. The molecule has 4 nitrogen and oxygen atoms in total. The maximum atomic E-state index is 5.99. The zero-order valence-electron chi connectivity index (χ0n) is 9.90. The van der Waals surface area contributed by atoms with E-state index in [2.05, 4.69) is 27.2 Å². The molecule has 1 fully saturated rings. The molecule has 6 heteroatoms. The van der Waals surface area contributed by atoms with Gasteiger partial charge in [0.1, 0.15) is 0 Å². The van der Waals surface area contributed by atoms with Crippen molar-refractivity contribution in [2.45, 2.75) is 25.4 Å². The molecule has 1 aromatic heterocycles. The predicted octanol–water partition coefficient (Wildman–Crippen LogP) is 1.74. The fourth-order valence-electron chi connectivity index (χ4n) is 2.07. The molecule has 1 aromatic rings. The number of nitrogens with one attached hydrogen (secondary N) is 1. The Bertz CT molecular complexity index is 342. The quantitative estimate of drug-likeness (QED) is 0.913. The van der Waals surface area contributed by atoms with Crippen LogP contribution in [0.25, 0.3) is 0 Å². The molecule has 0 aromatic carbocycles. The highest BCUT2D eigenvalue weighted by molar-refractivity contribution is 6.29. The summed E-state index contributed by atoms with van der Waals surface area (Å²) in [6, 6.07) is 0.624. The molecule has 96 valence electrons. The van der Waals surface area contributed by atoms with E-state index in [1.807, 2.05) is 0 Å². The number of hydrogen-bond acceptors (Lipinski definition) is 4. The van der Waals surface area contributed by atoms with Crippen LogP contribution < -0.4 is 5.32 Å². The monoisotopic (exact) mass is 276 g/mol. The van der Waals surface area contributed by atoms with Crippen molar-refractivity contribution in [2.24, 2.45) is 0 Å². The Labute approximate surface area is 113 Å². The van der Waals surface area contributed by atoms with E-state index >= 15 is 0 Å². The van der Waals surface area contributed by atoms with Crippen molar-refractivity contribution in [3.63, 3.8) is 0 Å². The van der Waals surface area contributed by atoms with Gasteiger partial charge in [-0.15, -0.1) is 12.4 Å². The van der Waals surface area contributed by atoms with E-state index in [0.717, 1.165) is 25.3 Å². The normalized spacial score (nSPS) is 16.9. The van der Waals surface area contributed by atoms with Crippen LogP contribution in [-0.2, 0) is 6.54 Å². The Hall–Kier alpha value is -0.420. The number of aromatic nitrogens is 2. The van der Waals surface area contributed by atoms with Gasteiger partial charge in [0, 0.05) is 25.0 Å². The highest BCUT2D eigenvalue weighted by Crippen LogP contribution is 2.15. The molecule has 0 spiro atoms. The van der Waals surface area contributed by atoms with Crippen LogP contribution >= 0.6 is 24.0 Å². The first kappa shape index (κ1) is 14.6. The van der Waals surface area contributed by atoms with E-state index in [4.69, 9.17) is 11.6 Å². The van der Waals surface area contributed by atoms with Crippen LogP contribution in [0.1, 0.15) is 18.5 Å². The van der Waals surface area contributed by atoms with E-state index in [1.165, 1.54) is 12.8 Å². The van der Waals surface area contributed by atoms with E-state index in [-0.39, 0.29) is 12.4 Å². The average molecular weight is 277 g/mol. The predicted molar refractivity (Wildman–Crippen MR) is 71.6 cm³/mol. The summed E-state index contributed by atoms with van der Waals surface area (Å²) in [5.74, 6) is 0. The molecule has 0 unspecified atom stereocenters. The number of nitrogens with zero attached hydrogens (tertiary/aromatic N) is 3. The molecule has 1 saturated heterocycles. The topological polar surface area (TPSA) is 41.1 Å². The summed E-state index contributed by atoms with van der Waals surface area (Å²) in [6.45, 7) is 2.98. The Morgan fingerprint density at radius 1 is 1.35 bits per heavy atom. The summed E-state index contributed by atoms with van der Waals surface area (Å²) >= 11 is 5.99. The minimum Gasteiger partial charge on any atom is -0.317 e. The van der Waals surface area contributed by atoms with Gasteiger partial charge in [0.05, 0.1) is 5.69 Å². The molecule has 2 rings (SSSR count). The average Bonchev–Trinajstić information content (AvgIpc) is 2.33. The molecule has 0 bridgehead atoms. The Morgan fingerprint density at radius 3 is 2.65 bits per heavy atom. The Morgan fingerprint density at radius 2 is 2.00 bits per heavy atom. The lowest BCUT2D eigenvalue weighted by molar-refractivity contribution is 0.190. The molecular weight excluding hydrogens is 259 g/mol. The summed E-state index contributed by atoms with van der Waals surface area (Å²) in [5, 5.41) is 3.88. The number of rotatable bonds is 3. The summed E-state index contributed by atoms with van der Waals surface area (Å²) in [6.07, 6.45) is 5.69. The van der Waals surface area contributed by atoms with Gasteiger partial charge in [-0.25, -0.2) is 4.98 Å². The van der Waals surface area contributed by atoms with Gasteiger partial charge in [-0.05, 0) is 33.0 Å². The molecule has 17 heavy (non-hydrogen) atoms. The minimum atomic E-state index is 0. The van der Waals surface area contributed by atoms with Gasteiger partial charge < -0.3 is 5.32 Å². The molecule has 1 N–H and O–H groups in total. The Kier molecular flexibility index (Phi) is 6.12. The van der Waals surface area contributed by atoms with E-state index < -0.39 is 0 Å². The highest BCUT2D eigenvalue weighted by Gasteiger charge is 2.18. The molecule has 1 aliphatic rings. The van der Waals surface area contributed by atoms with Gasteiger partial charge >= 0.3 is 0 Å². The molecular formula is C11H18Cl2N4. The van der Waals surface area contributed by atoms with Crippen molar-refractivity contribution in [1.82, 2.24) is 20.2 Å². The van der Waals surface area contributed by atoms with Crippen LogP contribution in [0.2, 0.25) is 5.15 Å². The van der Waals surface area contributed by atoms with Crippen LogP contribution in [0.15, 0.2) is 12.4 Å². The lowest BCUT2D eigenvalue weighted by Gasteiger charge is -2.31. The number of halogens is 2. The van der Waals surface area contributed by atoms with Crippen molar-refractivity contribution >= 4 is 24.0 Å². The van der Waals surface area contributed by atoms with Gasteiger partial charge in [-0.1, -0.05) is 11.6 Å². The number of piperidine rings is 1. The lowest BCUT2D eigenvalue weighted by Crippen LogP contribution is -2.40. The first-order valence-electron chi connectivity index (χ1n) is 5.63. The van der Waals surface area contributed by atoms with Crippen molar-refractivity contribution in [1.29, 1.82) is 0 Å². The number of hydrogen-bond donors (Lipinski definition) is 1. The molecule has 0 radical (unpaired) electrons. The zero-order chi connectivity index (χ0) is 11.4. The second kappa shape index (κ2) is 7.11. The second-order valence-corrected chi connectivity index (χ2v) is 4.55. The smallest absolute Gasteiger partial charge is 0.151 e. The Balaban J connectivity index is 0.00000144. The van der Waals surface area contributed by atoms with Gasteiger partial charge in [0.2, 0.25) is 0 Å². The van der Waals surface area contributed by atoms with Crippen molar-refractivity contribution in [3.8, 4) is 0 Å². The highest BCUT2D eigenvalue weighted by atomic mass is 35.5. The third kappa shape index (κ3) is 4.07.